The monoisotopic (exact) mass is 288 g/mol. The quantitative estimate of drug-likeness (QED) is 0.936. The van der Waals surface area contributed by atoms with Crippen molar-refractivity contribution < 1.29 is 19.0 Å². The van der Waals surface area contributed by atoms with Gasteiger partial charge in [-0.1, -0.05) is 18.2 Å². The van der Waals surface area contributed by atoms with E-state index >= 15 is 0 Å². The molecule has 4 heteroatoms. The second-order valence-corrected chi connectivity index (χ2v) is 5.21. The fourth-order valence-electron chi connectivity index (χ4n) is 2.54. The van der Waals surface area contributed by atoms with E-state index in [1.165, 1.54) is 12.1 Å². The Labute approximate surface area is 122 Å². The number of aliphatic hydroxyl groups excluding tert-OH is 1. The van der Waals surface area contributed by atoms with Crippen LogP contribution in [-0.4, -0.2) is 18.3 Å². The fourth-order valence-corrected chi connectivity index (χ4v) is 2.54. The van der Waals surface area contributed by atoms with Crippen molar-refractivity contribution in [2.24, 2.45) is 0 Å². The molecule has 1 aliphatic heterocycles. The number of para-hydroxylation sites is 1. The van der Waals surface area contributed by atoms with Crippen molar-refractivity contribution in [2.45, 2.75) is 18.9 Å². The molecule has 3 nitrogen and oxygen atoms in total. The van der Waals surface area contributed by atoms with Crippen LogP contribution in [0.4, 0.5) is 4.39 Å². The van der Waals surface area contributed by atoms with Gasteiger partial charge in [-0.2, -0.15) is 0 Å². The van der Waals surface area contributed by atoms with Gasteiger partial charge in [-0.15, -0.1) is 0 Å². The zero-order valence-corrected chi connectivity index (χ0v) is 11.8. The van der Waals surface area contributed by atoms with Gasteiger partial charge in [0, 0.05) is 17.2 Å². The summed E-state index contributed by atoms with van der Waals surface area (Å²) in [6.45, 7) is 2.58. The first-order valence-electron chi connectivity index (χ1n) is 6.97. The zero-order valence-electron chi connectivity index (χ0n) is 11.8. The molecule has 1 N–H and O–H groups in total. The molecule has 1 unspecified atom stereocenters. The minimum atomic E-state index is -0.701. The van der Waals surface area contributed by atoms with Gasteiger partial charge in [0.1, 0.15) is 17.3 Å². The fraction of sp³-hybridized carbons (Fsp3) is 0.294. The molecule has 0 saturated carbocycles. The van der Waals surface area contributed by atoms with Crippen molar-refractivity contribution >= 4 is 0 Å². The van der Waals surface area contributed by atoms with Gasteiger partial charge in [0.05, 0.1) is 25.2 Å². The molecule has 0 amide bonds. The lowest BCUT2D eigenvalue weighted by atomic mass is 10.0. The second kappa shape index (κ2) is 5.74. The van der Waals surface area contributed by atoms with Gasteiger partial charge in [0.15, 0.2) is 0 Å². The van der Waals surface area contributed by atoms with E-state index in [1.54, 1.807) is 13.0 Å². The SMILES string of the molecule is C[C@H](O)c1ccc(F)cc1OCC1COc2ccccc21. The van der Waals surface area contributed by atoms with Gasteiger partial charge in [-0.3, -0.25) is 0 Å². The first kappa shape index (κ1) is 13.9. The summed E-state index contributed by atoms with van der Waals surface area (Å²) in [5.74, 6) is 0.999. The summed E-state index contributed by atoms with van der Waals surface area (Å²) in [7, 11) is 0. The molecule has 0 fully saturated rings. The lowest BCUT2D eigenvalue weighted by molar-refractivity contribution is 0.187. The molecule has 1 aliphatic rings. The number of ether oxygens (including phenoxy) is 2. The molecule has 0 radical (unpaired) electrons. The molecule has 0 bridgehead atoms. The van der Waals surface area contributed by atoms with Gasteiger partial charge >= 0.3 is 0 Å². The zero-order chi connectivity index (χ0) is 14.8. The minimum Gasteiger partial charge on any atom is -0.493 e. The third-order valence-corrected chi connectivity index (χ3v) is 3.66. The predicted octanol–water partition coefficient (Wildman–Crippen LogP) is 3.43. The van der Waals surface area contributed by atoms with Gasteiger partial charge < -0.3 is 14.6 Å². The van der Waals surface area contributed by atoms with E-state index in [0.717, 1.165) is 11.3 Å². The van der Waals surface area contributed by atoms with E-state index in [9.17, 15) is 9.50 Å². The summed E-state index contributed by atoms with van der Waals surface area (Å²) in [4.78, 5) is 0. The third kappa shape index (κ3) is 2.85. The first-order valence-corrected chi connectivity index (χ1v) is 6.97. The Morgan fingerprint density at radius 3 is 2.95 bits per heavy atom. The maximum Gasteiger partial charge on any atom is 0.128 e. The maximum atomic E-state index is 13.4. The van der Waals surface area contributed by atoms with Crippen LogP contribution in [0.25, 0.3) is 0 Å². The largest absolute Gasteiger partial charge is 0.493 e. The van der Waals surface area contributed by atoms with E-state index in [-0.39, 0.29) is 11.7 Å². The Morgan fingerprint density at radius 2 is 2.14 bits per heavy atom. The summed E-state index contributed by atoms with van der Waals surface area (Å²) in [5, 5.41) is 9.72. The molecule has 0 spiro atoms. The van der Waals surface area contributed by atoms with Crippen molar-refractivity contribution in [1.29, 1.82) is 0 Å². The van der Waals surface area contributed by atoms with Crippen LogP contribution in [0.2, 0.25) is 0 Å². The van der Waals surface area contributed by atoms with Crippen LogP contribution in [0.15, 0.2) is 42.5 Å². The summed E-state index contributed by atoms with van der Waals surface area (Å²) in [5.41, 5.74) is 1.69. The van der Waals surface area contributed by atoms with Gasteiger partial charge in [-0.05, 0) is 25.1 Å². The van der Waals surface area contributed by atoms with E-state index < -0.39 is 6.10 Å². The standard InChI is InChI=1S/C17H17FO3/c1-11(19)14-7-6-13(18)8-17(14)21-10-12-9-20-16-5-3-2-4-15(12)16/h2-8,11-12,19H,9-10H2,1H3/t11-,12?/m0/s1. The summed E-state index contributed by atoms with van der Waals surface area (Å²) in [6, 6.07) is 12.0. The van der Waals surface area contributed by atoms with Crippen LogP contribution in [0.1, 0.15) is 30.1 Å². The second-order valence-electron chi connectivity index (χ2n) is 5.21. The van der Waals surface area contributed by atoms with Crippen molar-refractivity contribution in [1.82, 2.24) is 0 Å². The smallest absolute Gasteiger partial charge is 0.128 e. The number of benzene rings is 2. The van der Waals surface area contributed by atoms with E-state index in [2.05, 4.69) is 0 Å². The molecule has 2 aromatic rings. The molecule has 2 atom stereocenters. The van der Waals surface area contributed by atoms with Crippen molar-refractivity contribution in [2.75, 3.05) is 13.2 Å². The summed E-state index contributed by atoms with van der Waals surface area (Å²) >= 11 is 0. The molecule has 3 rings (SSSR count). The number of hydrogen-bond acceptors (Lipinski definition) is 3. The van der Waals surface area contributed by atoms with Crippen LogP contribution in [0.5, 0.6) is 11.5 Å². The number of hydrogen-bond donors (Lipinski definition) is 1. The highest BCUT2D eigenvalue weighted by Crippen LogP contribution is 2.34. The topological polar surface area (TPSA) is 38.7 Å². The molecular weight excluding hydrogens is 271 g/mol. The Hall–Kier alpha value is -2.07. The van der Waals surface area contributed by atoms with Crippen LogP contribution in [0.3, 0.4) is 0 Å². The third-order valence-electron chi connectivity index (χ3n) is 3.66. The normalized spacial score (nSPS) is 18.0. The average molecular weight is 288 g/mol. The molecule has 21 heavy (non-hydrogen) atoms. The molecule has 2 aromatic carbocycles. The van der Waals surface area contributed by atoms with Crippen molar-refractivity contribution in [3.8, 4) is 11.5 Å². The Bertz CT molecular complexity index is 640. The predicted molar refractivity (Wildman–Crippen MR) is 77.2 cm³/mol. The number of halogens is 1. The Morgan fingerprint density at radius 1 is 1.33 bits per heavy atom. The Balaban J connectivity index is 1.76. The Kier molecular flexibility index (Phi) is 3.80. The van der Waals surface area contributed by atoms with Gasteiger partial charge in [-0.25, -0.2) is 4.39 Å². The van der Waals surface area contributed by atoms with E-state index in [4.69, 9.17) is 9.47 Å². The van der Waals surface area contributed by atoms with Gasteiger partial charge in [0.25, 0.3) is 0 Å². The van der Waals surface area contributed by atoms with E-state index in [0.29, 0.717) is 24.5 Å². The summed E-state index contributed by atoms with van der Waals surface area (Å²) < 4.78 is 24.7. The number of fused-ring (bicyclic) bond motifs is 1. The molecule has 0 aliphatic carbocycles. The van der Waals surface area contributed by atoms with Gasteiger partial charge in [0.2, 0.25) is 0 Å². The first-order chi connectivity index (χ1) is 10.1. The lowest BCUT2D eigenvalue weighted by Gasteiger charge is -2.16. The van der Waals surface area contributed by atoms with E-state index in [1.807, 2.05) is 24.3 Å². The molecule has 110 valence electrons. The number of aliphatic hydroxyl groups is 1. The van der Waals surface area contributed by atoms with Crippen molar-refractivity contribution in [3.63, 3.8) is 0 Å². The van der Waals surface area contributed by atoms with Crippen LogP contribution in [0, 0.1) is 5.82 Å². The lowest BCUT2D eigenvalue weighted by Crippen LogP contribution is -2.13. The average Bonchev–Trinajstić information content (AvgIpc) is 2.88. The van der Waals surface area contributed by atoms with Crippen LogP contribution < -0.4 is 9.47 Å². The molecule has 0 aromatic heterocycles. The van der Waals surface area contributed by atoms with Crippen LogP contribution in [-0.2, 0) is 0 Å². The molecule has 0 saturated heterocycles. The highest BCUT2D eigenvalue weighted by molar-refractivity contribution is 5.40. The molecular formula is C17H17FO3. The minimum absolute atomic E-state index is 0.117. The summed E-state index contributed by atoms with van der Waals surface area (Å²) in [6.07, 6.45) is -0.701. The highest BCUT2D eigenvalue weighted by Gasteiger charge is 2.24. The van der Waals surface area contributed by atoms with Crippen molar-refractivity contribution in [3.05, 3.63) is 59.4 Å². The number of rotatable bonds is 4. The molecule has 1 heterocycles. The van der Waals surface area contributed by atoms with Crippen LogP contribution >= 0.6 is 0 Å². The highest BCUT2D eigenvalue weighted by atomic mass is 19.1. The maximum absolute atomic E-state index is 13.4.